The van der Waals surface area contributed by atoms with Crippen LogP contribution in [0, 0.1) is 0 Å². The molecule has 3 aromatic rings. The second-order valence-electron chi connectivity index (χ2n) is 6.08. The van der Waals surface area contributed by atoms with E-state index < -0.39 is 5.91 Å². The normalized spacial score (nSPS) is 17.2. The molecule has 4 N–H and O–H groups in total. The lowest BCUT2D eigenvalue weighted by Gasteiger charge is -2.11. The molecule has 1 aromatic heterocycles. The average Bonchev–Trinajstić information content (AvgIpc) is 3.20. The summed E-state index contributed by atoms with van der Waals surface area (Å²) in [6.45, 7) is 0. The van der Waals surface area contributed by atoms with Gasteiger partial charge in [-0.1, -0.05) is 30.3 Å². The molecular formula is C19H17N3O2. The van der Waals surface area contributed by atoms with Gasteiger partial charge in [-0.05, 0) is 35.2 Å². The van der Waals surface area contributed by atoms with Crippen LogP contribution in [0.4, 0.5) is 0 Å². The largest absolute Gasteiger partial charge is 0.366 e. The van der Waals surface area contributed by atoms with Gasteiger partial charge in [0.1, 0.15) is 0 Å². The van der Waals surface area contributed by atoms with E-state index in [9.17, 15) is 9.59 Å². The van der Waals surface area contributed by atoms with Crippen molar-refractivity contribution in [2.24, 2.45) is 5.73 Å². The molecule has 120 valence electrons. The summed E-state index contributed by atoms with van der Waals surface area (Å²) in [4.78, 5) is 26.6. The third-order valence-electron chi connectivity index (χ3n) is 4.56. The monoisotopic (exact) mass is 319 g/mol. The van der Waals surface area contributed by atoms with E-state index >= 15 is 0 Å². The fourth-order valence-corrected chi connectivity index (χ4v) is 3.38. The molecule has 1 aliphatic heterocycles. The Morgan fingerprint density at radius 2 is 1.92 bits per heavy atom. The molecule has 1 atom stereocenters. The van der Waals surface area contributed by atoms with Crippen LogP contribution in [-0.4, -0.2) is 16.8 Å². The Morgan fingerprint density at radius 1 is 1.12 bits per heavy atom. The molecule has 0 saturated carbocycles. The molecule has 0 spiro atoms. The quantitative estimate of drug-likeness (QED) is 0.693. The fraction of sp³-hybridized carbons (Fsp3) is 0.158. The number of amides is 2. The maximum absolute atomic E-state index is 11.9. The highest BCUT2D eigenvalue weighted by Crippen LogP contribution is 2.34. The smallest absolute Gasteiger partial charge is 0.250 e. The Bertz CT molecular complexity index is 944. The molecule has 1 aliphatic rings. The summed E-state index contributed by atoms with van der Waals surface area (Å²) < 4.78 is 0. The maximum Gasteiger partial charge on any atom is 0.250 e. The summed E-state index contributed by atoms with van der Waals surface area (Å²) in [6, 6.07) is 13.7. The number of carbonyl (C=O) groups excluding carboxylic acids is 2. The van der Waals surface area contributed by atoms with Crippen molar-refractivity contribution in [2.45, 2.75) is 18.9 Å². The van der Waals surface area contributed by atoms with Crippen molar-refractivity contribution in [1.82, 2.24) is 10.3 Å². The number of rotatable bonds is 3. The molecule has 0 radical (unpaired) electrons. The van der Waals surface area contributed by atoms with Crippen LogP contribution in [0.5, 0.6) is 0 Å². The highest BCUT2D eigenvalue weighted by atomic mass is 16.2. The molecule has 4 rings (SSSR count). The van der Waals surface area contributed by atoms with Gasteiger partial charge < -0.3 is 16.0 Å². The van der Waals surface area contributed by atoms with Crippen molar-refractivity contribution >= 4 is 22.7 Å². The number of aromatic nitrogens is 1. The van der Waals surface area contributed by atoms with Crippen molar-refractivity contribution in [3.8, 4) is 11.1 Å². The Kier molecular flexibility index (Phi) is 3.34. The number of hydrogen-bond acceptors (Lipinski definition) is 2. The molecule has 1 fully saturated rings. The Labute approximate surface area is 138 Å². The molecule has 2 heterocycles. The van der Waals surface area contributed by atoms with Gasteiger partial charge in [0, 0.05) is 18.0 Å². The SMILES string of the molecule is NC(=O)c1cc(-c2ccccc2)cc2c(C3CCC(=O)N3)c[nH]c12. The van der Waals surface area contributed by atoms with E-state index in [1.54, 1.807) is 0 Å². The van der Waals surface area contributed by atoms with Gasteiger partial charge in [-0.2, -0.15) is 0 Å². The van der Waals surface area contributed by atoms with Crippen LogP contribution in [0.1, 0.15) is 34.8 Å². The number of primary amides is 1. The minimum absolute atomic E-state index is 0.0296. The number of benzene rings is 2. The van der Waals surface area contributed by atoms with Gasteiger partial charge in [0.05, 0.1) is 17.1 Å². The fourth-order valence-electron chi connectivity index (χ4n) is 3.38. The first kappa shape index (κ1) is 14.5. The zero-order valence-corrected chi connectivity index (χ0v) is 13.0. The minimum Gasteiger partial charge on any atom is -0.366 e. The van der Waals surface area contributed by atoms with Crippen LogP contribution in [0.3, 0.4) is 0 Å². The van der Waals surface area contributed by atoms with Crippen molar-refractivity contribution in [3.05, 3.63) is 59.8 Å². The first-order valence-electron chi connectivity index (χ1n) is 7.93. The number of carbonyl (C=O) groups is 2. The van der Waals surface area contributed by atoms with Crippen molar-refractivity contribution in [2.75, 3.05) is 0 Å². The third-order valence-corrected chi connectivity index (χ3v) is 4.56. The van der Waals surface area contributed by atoms with Gasteiger partial charge in [-0.25, -0.2) is 0 Å². The van der Waals surface area contributed by atoms with E-state index in [1.807, 2.05) is 48.7 Å². The predicted molar refractivity (Wildman–Crippen MR) is 92.4 cm³/mol. The second kappa shape index (κ2) is 5.53. The first-order chi connectivity index (χ1) is 11.6. The molecule has 1 unspecified atom stereocenters. The lowest BCUT2D eigenvalue weighted by molar-refractivity contribution is -0.119. The number of nitrogens with one attached hydrogen (secondary N) is 2. The standard InChI is InChI=1S/C19H17N3O2/c20-19(24)14-9-12(11-4-2-1-3-5-11)8-13-15(10-21-18(13)14)16-6-7-17(23)22-16/h1-5,8-10,16,21H,6-7H2,(H2,20,24)(H,22,23). The summed E-state index contributed by atoms with van der Waals surface area (Å²) in [5.41, 5.74) is 9.71. The minimum atomic E-state index is -0.471. The highest BCUT2D eigenvalue weighted by molar-refractivity contribution is 6.07. The number of aromatic amines is 1. The summed E-state index contributed by atoms with van der Waals surface area (Å²) in [7, 11) is 0. The van der Waals surface area contributed by atoms with E-state index in [2.05, 4.69) is 10.3 Å². The van der Waals surface area contributed by atoms with Crippen LogP contribution >= 0.6 is 0 Å². The van der Waals surface area contributed by atoms with Crippen LogP contribution in [-0.2, 0) is 4.79 Å². The summed E-state index contributed by atoms with van der Waals surface area (Å²) >= 11 is 0. The van der Waals surface area contributed by atoms with Crippen molar-refractivity contribution < 1.29 is 9.59 Å². The average molecular weight is 319 g/mol. The molecule has 1 saturated heterocycles. The zero-order valence-electron chi connectivity index (χ0n) is 13.0. The molecule has 2 amide bonds. The molecule has 0 bridgehead atoms. The van der Waals surface area contributed by atoms with E-state index in [-0.39, 0.29) is 11.9 Å². The first-order valence-corrected chi connectivity index (χ1v) is 7.93. The van der Waals surface area contributed by atoms with E-state index in [0.717, 1.165) is 34.0 Å². The number of nitrogens with two attached hydrogens (primary N) is 1. The summed E-state index contributed by atoms with van der Waals surface area (Å²) in [6.07, 6.45) is 3.15. The van der Waals surface area contributed by atoms with E-state index in [1.165, 1.54) is 0 Å². The summed E-state index contributed by atoms with van der Waals surface area (Å²) in [5.74, 6) is -0.412. The molecule has 2 aromatic carbocycles. The van der Waals surface area contributed by atoms with Gasteiger partial charge in [-0.3, -0.25) is 9.59 Å². The zero-order chi connectivity index (χ0) is 16.7. The van der Waals surface area contributed by atoms with E-state index in [0.29, 0.717) is 12.0 Å². The Balaban J connectivity index is 1.93. The molecular weight excluding hydrogens is 302 g/mol. The maximum atomic E-state index is 11.9. The topological polar surface area (TPSA) is 88.0 Å². The van der Waals surface area contributed by atoms with Crippen molar-refractivity contribution in [3.63, 3.8) is 0 Å². The summed E-state index contributed by atoms with van der Waals surface area (Å²) in [5, 5.41) is 3.91. The Morgan fingerprint density at radius 3 is 2.58 bits per heavy atom. The van der Waals surface area contributed by atoms with Gasteiger partial charge >= 0.3 is 0 Å². The van der Waals surface area contributed by atoms with Crippen LogP contribution in [0.15, 0.2) is 48.7 Å². The van der Waals surface area contributed by atoms with Gasteiger partial charge in [0.25, 0.3) is 5.91 Å². The van der Waals surface area contributed by atoms with Crippen LogP contribution < -0.4 is 11.1 Å². The van der Waals surface area contributed by atoms with E-state index in [4.69, 9.17) is 5.73 Å². The van der Waals surface area contributed by atoms with Crippen LogP contribution in [0.25, 0.3) is 22.0 Å². The van der Waals surface area contributed by atoms with Gasteiger partial charge in [-0.15, -0.1) is 0 Å². The lowest BCUT2D eigenvalue weighted by atomic mass is 9.96. The number of H-pyrrole nitrogens is 1. The van der Waals surface area contributed by atoms with Crippen LogP contribution in [0.2, 0.25) is 0 Å². The van der Waals surface area contributed by atoms with Crippen molar-refractivity contribution in [1.29, 1.82) is 0 Å². The third kappa shape index (κ3) is 2.34. The molecule has 24 heavy (non-hydrogen) atoms. The molecule has 5 heteroatoms. The van der Waals surface area contributed by atoms with Gasteiger partial charge in [0.15, 0.2) is 0 Å². The predicted octanol–water partition coefficient (Wildman–Crippen LogP) is 2.88. The Hall–Kier alpha value is -3.08. The second-order valence-corrected chi connectivity index (χ2v) is 6.08. The number of hydrogen-bond donors (Lipinski definition) is 3. The van der Waals surface area contributed by atoms with Gasteiger partial charge in [0.2, 0.25) is 5.91 Å². The number of fused-ring (bicyclic) bond motifs is 1. The molecule has 5 nitrogen and oxygen atoms in total. The lowest BCUT2D eigenvalue weighted by Crippen LogP contribution is -2.18. The molecule has 0 aliphatic carbocycles. The highest BCUT2D eigenvalue weighted by Gasteiger charge is 2.25.